The number of benzene rings is 1. The summed E-state index contributed by atoms with van der Waals surface area (Å²) in [6, 6.07) is 6.89. The maximum Gasteiger partial charge on any atom is 0.187 e. The highest BCUT2D eigenvalue weighted by molar-refractivity contribution is 5.34. The van der Waals surface area contributed by atoms with E-state index in [1.54, 1.807) is 24.3 Å². The summed E-state index contributed by atoms with van der Waals surface area (Å²) in [5.74, 6) is 0. The summed E-state index contributed by atoms with van der Waals surface area (Å²) >= 11 is 0. The molecule has 24 heavy (non-hydrogen) atoms. The molecule has 3 rings (SSSR count). The van der Waals surface area contributed by atoms with Gasteiger partial charge in [-0.15, -0.1) is 0 Å². The molecule has 0 unspecified atom stereocenters. The monoisotopic (exact) mass is 342 g/mol. The molecular weight excluding hydrogens is 320 g/mol. The van der Waals surface area contributed by atoms with E-state index in [1.165, 1.54) is 0 Å². The molecule has 8 nitrogen and oxygen atoms in total. The lowest BCUT2D eigenvalue weighted by Gasteiger charge is -2.42. The second kappa shape index (κ2) is 7.03. The zero-order valence-corrected chi connectivity index (χ0v) is 12.8. The first-order valence-electron chi connectivity index (χ1n) is 7.85. The van der Waals surface area contributed by atoms with Gasteiger partial charge in [-0.1, -0.05) is 24.3 Å². The number of hydrogen-bond acceptors (Lipinski definition) is 8. The summed E-state index contributed by atoms with van der Waals surface area (Å²) in [4.78, 5) is 0. The first kappa shape index (κ1) is 17.7. The Morgan fingerprint density at radius 1 is 0.958 bits per heavy atom. The van der Waals surface area contributed by atoms with Crippen molar-refractivity contribution in [2.75, 3.05) is 6.61 Å². The second-order valence-electron chi connectivity index (χ2n) is 6.20. The van der Waals surface area contributed by atoms with Crippen LogP contribution in [0.15, 0.2) is 24.3 Å². The van der Waals surface area contributed by atoms with Crippen LogP contribution >= 0.6 is 0 Å². The predicted molar refractivity (Wildman–Crippen MR) is 79.6 cm³/mol. The smallest absolute Gasteiger partial charge is 0.187 e. The SMILES string of the molecule is OC[C@H]1O[C@@H](O[C@@H]2c3ccccc3[C@H](O)C[C@H]2O)[C@H](O)[C@@H](O)[C@@H]1O. The third-order valence-electron chi connectivity index (χ3n) is 4.60. The summed E-state index contributed by atoms with van der Waals surface area (Å²) in [7, 11) is 0. The normalized spacial score (nSPS) is 42.6. The van der Waals surface area contributed by atoms with Crippen LogP contribution in [0.5, 0.6) is 0 Å². The van der Waals surface area contributed by atoms with E-state index < -0.39 is 55.6 Å². The maximum atomic E-state index is 10.3. The molecule has 1 heterocycles. The first-order chi connectivity index (χ1) is 11.4. The van der Waals surface area contributed by atoms with Gasteiger partial charge in [0.2, 0.25) is 0 Å². The van der Waals surface area contributed by atoms with Gasteiger partial charge in [0.15, 0.2) is 6.29 Å². The standard InChI is InChI=1S/C16H22O8/c17-6-11-12(20)13(21)14(22)16(23-11)24-15-8-4-2-1-3-7(8)9(18)5-10(15)19/h1-4,9-22H,5-6H2/t9-,10-,11-,12-,13+,14-,15-,16+/m1/s1. The molecular formula is C16H22O8. The van der Waals surface area contributed by atoms with E-state index in [1.807, 2.05) is 0 Å². The van der Waals surface area contributed by atoms with Crippen molar-refractivity contribution in [3.63, 3.8) is 0 Å². The number of hydrogen-bond donors (Lipinski definition) is 6. The van der Waals surface area contributed by atoms with Gasteiger partial charge in [-0.25, -0.2) is 0 Å². The van der Waals surface area contributed by atoms with Crippen LogP contribution in [0.2, 0.25) is 0 Å². The molecule has 2 aliphatic rings. The fourth-order valence-electron chi connectivity index (χ4n) is 3.25. The molecule has 8 atom stereocenters. The highest BCUT2D eigenvalue weighted by atomic mass is 16.7. The van der Waals surface area contributed by atoms with E-state index in [0.29, 0.717) is 11.1 Å². The number of aliphatic hydroxyl groups excluding tert-OH is 6. The van der Waals surface area contributed by atoms with Crippen LogP contribution in [0.1, 0.15) is 29.8 Å². The molecule has 0 aromatic heterocycles. The topological polar surface area (TPSA) is 140 Å². The third kappa shape index (κ3) is 3.07. The van der Waals surface area contributed by atoms with Gasteiger partial charge in [-0.2, -0.15) is 0 Å². The lowest BCUT2D eigenvalue weighted by molar-refractivity contribution is -0.319. The average Bonchev–Trinajstić information content (AvgIpc) is 2.58. The fourth-order valence-corrected chi connectivity index (χ4v) is 3.25. The van der Waals surface area contributed by atoms with Crippen LogP contribution in [-0.2, 0) is 9.47 Å². The van der Waals surface area contributed by atoms with Crippen molar-refractivity contribution in [2.24, 2.45) is 0 Å². The Morgan fingerprint density at radius 2 is 1.62 bits per heavy atom. The molecule has 1 aromatic carbocycles. The Kier molecular flexibility index (Phi) is 5.19. The van der Waals surface area contributed by atoms with E-state index >= 15 is 0 Å². The fraction of sp³-hybridized carbons (Fsp3) is 0.625. The summed E-state index contributed by atoms with van der Waals surface area (Å²) < 4.78 is 11.0. The summed E-state index contributed by atoms with van der Waals surface area (Å²) in [5, 5.41) is 59.2. The number of aliphatic hydroxyl groups is 6. The number of rotatable bonds is 3. The van der Waals surface area contributed by atoms with Crippen LogP contribution in [0.4, 0.5) is 0 Å². The highest BCUT2D eigenvalue weighted by Gasteiger charge is 2.46. The van der Waals surface area contributed by atoms with Crippen LogP contribution in [0, 0.1) is 0 Å². The molecule has 1 aliphatic heterocycles. The van der Waals surface area contributed by atoms with Crippen LogP contribution in [0.25, 0.3) is 0 Å². The maximum absolute atomic E-state index is 10.3. The largest absolute Gasteiger partial charge is 0.394 e. The van der Waals surface area contributed by atoms with E-state index in [0.717, 1.165) is 0 Å². The van der Waals surface area contributed by atoms with Crippen LogP contribution < -0.4 is 0 Å². The lowest BCUT2D eigenvalue weighted by Crippen LogP contribution is -2.59. The molecule has 1 aliphatic carbocycles. The van der Waals surface area contributed by atoms with Crippen molar-refractivity contribution in [2.45, 2.75) is 55.4 Å². The Labute approximate surface area is 138 Å². The molecule has 0 amide bonds. The molecule has 6 N–H and O–H groups in total. The Bertz CT molecular complexity index is 565. The summed E-state index contributed by atoms with van der Waals surface area (Å²) in [6.07, 6.45) is -9.71. The quantitative estimate of drug-likeness (QED) is 0.384. The van der Waals surface area contributed by atoms with E-state index in [-0.39, 0.29) is 6.42 Å². The van der Waals surface area contributed by atoms with Gasteiger partial charge >= 0.3 is 0 Å². The Hall–Kier alpha value is -1.10. The minimum atomic E-state index is -1.55. The van der Waals surface area contributed by atoms with Crippen molar-refractivity contribution in [1.29, 1.82) is 0 Å². The number of fused-ring (bicyclic) bond motifs is 1. The van der Waals surface area contributed by atoms with Crippen molar-refractivity contribution in [1.82, 2.24) is 0 Å². The van der Waals surface area contributed by atoms with Crippen molar-refractivity contribution < 1.29 is 40.1 Å². The predicted octanol–water partition coefficient (Wildman–Crippen LogP) is -1.66. The molecule has 0 radical (unpaired) electrons. The van der Waals surface area contributed by atoms with Gasteiger partial charge in [-0.05, 0) is 11.1 Å². The molecule has 0 saturated carbocycles. The molecule has 8 heteroatoms. The molecule has 1 saturated heterocycles. The van der Waals surface area contributed by atoms with Gasteiger partial charge in [0.1, 0.15) is 30.5 Å². The van der Waals surface area contributed by atoms with Crippen molar-refractivity contribution in [3.05, 3.63) is 35.4 Å². The molecule has 1 fully saturated rings. The number of ether oxygens (including phenoxy) is 2. The second-order valence-corrected chi connectivity index (χ2v) is 6.20. The van der Waals surface area contributed by atoms with Gasteiger partial charge in [0.25, 0.3) is 0 Å². The summed E-state index contributed by atoms with van der Waals surface area (Å²) in [5.41, 5.74) is 1.16. The average molecular weight is 342 g/mol. The summed E-state index contributed by atoms with van der Waals surface area (Å²) in [6.45, 7) is -0.562. The third-order valence-corrected chi connectivity index (χ3v) is 4.60. The Balaban J connectivity index is 1.83. The van der Waals surface area contributed by atoms with Crippen molar-refractivity contribution in [3.8, 4) is 0 Å². The van der Waals surface area contributed by atoms with Crippen LogP contribution in [-0.4, -0.2) is 74.1 Å². The highest BCUT2D eigenvalue weighted by Crippen LogP contribution is 2.40. The molecule has 1 aromatic rings. The van der Waals surface area contributed by atoms with E-state index in [4.69, 9.17) is 9.47 Å². The molecule has 0 bridgehead atoms. The lowest BCUT2D eigenvalue weighted by atomic mass is 9.85. The van der Waals surface area contributed by atoms with E-state index in [2.05, 4.69) is 0 Å². The molecule has 0 spiro atoms. The van der Waals surface area contributed by atoms with Gasteiger partial charge in [0.05, 0.1) is 18.8 Å². The zero-order chi connectivity index (χ0) is 17.4. The van der Waals surface area contributed by atoms with Gasteiger partial charge in [-0.3, -0.25) is 0 Å². The zero-order valence-electron chi connectivity index (χ0n) is 12.8. The van der Waals surface area contributed by atoms with Gasteiger partial charge in [0, 0.05) is 6.42 Å². The minimum absolute atomic E-state index is 0.0547. The Morgan fingerprint density at radius 3 is 2.29 bits per heavy atom. The van der Waals surface area contributed by atoms with E-state index in [9.17, 15) is 30.6 Å². The minimum Gasteiger partial charge on any atom is -0.394 e. The first-order valence-corrected chi connectivity index (χ1v) is 7.85. The van der Waals surface area contributed by atoms with Crippen LogP contribution in [0.3, 0.4) is 0 Å². The molecule has 134 valence electrons. The van der Waals surface area contributed by atoms with Crippen molar-refractivity contribution >= 4 is 0 Å². The van der Waals surface area contributed by atoms with Gasteiger partial charge < -0.3 is 40.1 Å².